The second kappa shape index (κ2) is 12.4. The van der Waals surface area contributed by atoms with Crippen molar-refractivity contribution in [3.8, 4) is 40.1 Å². The highest BCUT2D eigenvalue weighted by Gasteiger charge is 2.34. The number of benzene rings is 4. The Balaban J connectivity index is 1.31. The third-order valence-corrected chi connectivity index (χ3v) is 10.1. The Morgan fingerprint density at radius 3 is 2.51 bits per heavy atom. The van der Waals surface area contributed by atoms with E-state index in [2.05, 4.69) is 22.2 Å². The number of phenols is 1. The summed E-state index contributed by atoms with van der Waals surface area (Å²) in [6.07, 6.45) is 4.57. The molecule has 3 fully saturated rings. The predicted molar refractivity (Wildman–Crippen MR) is 186 cm³/mol. The molecule has 2 bridgehead atoms. The van der Waals surface area contributed by atoms with Crippen molar-refractivity contribution in [2.24, 2.45) is 0 Å². The number of rotatable bonds is 8. The fraction of sp³-hybridized carbons (Fsp3) is 0.351. The number of halogens is 1. The third kappa shape index (κ3) is 5.88. The van der Waals surface area contributed by atoms with Gasteiger partial charge < -0.3 is 34.4 Å². The molecule has 3 saturated heterocycles. The van der Waals surface area contributed by atoms with Crippen LogP contribution in [0.4, 0.5) is 5.82 Å². The van der Waals surface area contributed by atoms with Crippen molar-refractivity contribution in [1.29, 1.82) is 0 Å². The maximum Gasteiger partial charge on any atom is 0.319 e. The van der Waals surface area contributed by atoms with Gasteiger partial charge in [0, 0.05) is 48.2 Å². The standard InChI is InChI=1S/C37H38ClN5O4/c1-42-13-5-7-25(42)21-46-37-40-33-17-30(29-15-26(44)14-22-6-3-4-8-28(22)29)35(47-34-12-11-27(45-2)16-32(34)38)18-31(33)36(41-37)43-19-23-9-10-24(20-43)39-23/h3-4,6,8,11-12,14-18,23-25,39,44H,5,7,9-10,13,19-21H2,1-2H3/t23-,24+,25-/m0/s1. The molecule has 3 atom stereocenters. The molecule has 0 unspecified atom stereocenters. The summed E-state index contributed by atoms with van der Waals surface area (Å²) in [7, 11) is 3.75. The number of hydrogen-bond acceptors (Lipinski definition) is 9. The van der Waals surface area contributed by atoms with E-state index in [1.807, 2.05) is 42.5 Å². The van der Waals surface area contributed by atoms with Gasteiger partial charge in [-0.1, -0.05) is 35.9 Å². The molecule has 3 aliphatic rings. The number of methoxy groups -OCH3 is 1. The summed E-state index contributed by atoms with van der Waals surface area (Å²) in [5.41, 5.74) is 2.33. The highest BCUT2D eigenvalue weighted by Crippen LogP contribution is 2.44. The Kier molecular flexibility index (Phi) is 7.91. The maximum absolute atomic E-state index is 10.8. The fourth-order valence-electron chi connectivity index (χ4n) is 7.38. The summed E-state index contributed by atoms with van der Waals surface area (Å²) in [6.45, 7) is 3.32. The van der Waals surface area contributed by atoms with Gasteiger partial charge in [-0.25, -0.2) is 0 Å². The van der Waals surface area contributed by atoms with E-state index in [1.54, 1.807) is 31.4 Å². The summed E-state index contributed by atoms with van der Waals surface area (Å²) in [5.74, 6) is 2.70. The number of nitrogens with zero attached hydrogens (tertiary/aromatic N) is 4. The Morgan fingerprint density at radius 1 is 0.915 bits per heavy atom. The second-order valence-electron chi connectivity index (χ2n) is 12.9. The normalized spacial score (nSPS) is 21.1. The highest BCUT2D eigenvalue weighted by atomic mass is 35.5. The summed E-state index contributed by atoms with van der Waals surface area (Å²) < 4.78 is 18.4. The number of piperazine rings is 1. The van der Waals surface area contributed by atoms with Crippen molar-refractivity contribution in [1.82, 2.24) is 20.2 Å². The smallest absolute Gasteiger partial charge is 0.319 e. The van der Waals surface area contributed by atoms with E-state index in [0.717, 1.165) is 77.5 Å². The number of aromatic nitrogens is 2. The van der Waals surface area contributed by atoms with E-state index in [-0.39, 0.29) is 5.75 Å². The van der Waals surface area contributed by atoms with Crippen molar-refractivity contribution < 1.29 is 19.3 Å². The molecule has 3 aliphatic heterocycles. The fourth-order valence-corrected chi connectivity index (χ4v) is 7.59. The lowest BCUT2D eigenvalue weighted by atomic mass is 9.96. The molecule has 0 saturated carbocycles. The SMILES string of the molecule is COc1ccc(Oc2cc3c(N4C[C@H]5CC[C@@H](C4)N5)nc(OC[C@@H]4CCCN4C)nc3cc2-c2cc(O)cc3ccccc23)c(Cl)c1. The Hall–Kier alpha value is -4.31. The summed E-state index contributed by atoms with van der Waals surface area (Å²) in [4.78, 5) is 14.8. The largest absolute Gasteiger partial charge is 0.508 e. The second-order valence-corrected chi connectivity index (χ2v) is 13.3. The van der Waals surface area contributed by atoms with Crippen LogP contribution in [-0.4, -0.2) is 78.5 Å². The van der Waals surface area contributed by atoms with E-state index in [9.17, 15) is 5.11 Å². The Morgan fingerprint density at radius 2 is 1.74 bits per heavy atom. The number of nitrogens with one attached hydrogen (secondary N) is 1. The van der Waals surface area contributed by atoms with Crippen LogP contribution in [-0.2, 0) is 0 Å². The number of ether oxygens (including phenoxy) is 3. The molecule has 0 radical (unpaired) electrons. The zero-order valence-electron chi connectivity index (χ0n) is 26.6. The van der Waals surface area contributed by atoms with E-state index in [4.69, 9.17) is 35.8 Å². The molecule has 47 heavy (non-hydrogen) atoms. The van der Waals surface area contributed by atoms with Crippen LogP contribution in [0, 0.1) is 0 Å². The van der Waals surface area contributed by atoms with Crippen molar-refractivity contribution in [3.05, 3.63) is 71.8 Å². The topological polar surface area (TPSA) is 92.2 Å². The van der Waals surface area contributed by atoms with Crippen LogP contribution >= 0.6 is 11.6 Å². The molecule has 8 rings (SSSR count). The number of hydrogen-bond donors (Lipinski definition) is 2. The average Bonchev–Trinajstić information content (AvgIpc) is 3.65. The molecule has 9 nitrogen and oxygen atoms in total. The van der Waals surface area contributed by atoms with Gasteiger partial charge in [-0.2, -0.15) is 9.97 Å². The first-order valence-corrected chi connectivity index (χ1v) is 16.7. The van der Waals surface area contributed by atoms with Crippen molar-refractivity contribution >= 4 is 39.1 Å². The molecule has 4 heterocycles. The molecular weight excluding hydrogens is 614 g/mol. The monoisotopic (exact) mass is 651 g/mol. The molecule has 0 spiro atoms. The van der Waals surface area contributed by atoms with Gasteiger partial charge in [0.2, 0.25) is 0 Å². The van der Waals surface area contributed by atoms with Gasteiger partial charge in [-0.3, -0.25) is 0 Å². The van der Waals surface area contributed by atoms with Crippen LogP contribution in [0.15, 0.2) is 66.7 Å². The van der Waals surface area contributed by atoms with Crippen LogP contribution in [0.25, 0.3) is 32.8 Å². The van der Waals surface area contributed by atoms with Gasteiger partial charge in [-0.05, 0) is 92.0 Å². The molecule has 242 valence electrons. The third-order valence-electron chi connectivity index (χ3n) is 9.84. The van der Waals surface area contributed by atoms with E-state index in [1.165, 1.54) is 6.42 Å². The number of likely N-dealkylation sites (N-methyl/N-ethyl adjacent to an activating group) is 1. The lowest BCUT2D eigenvalue weighted by Crippen LogP contribution is -2.51. The Bertz CT molecular complexity index is 1960. The first-order valence-electron chi connectivity index (χ1n) is 16.3. The lowest BCUT2D eigenvalue weighted by molar-refractivity contribution is 0.188. The van der Waals surface area contributed by atoms with Crippen LogP contribution in [0.5, 0.6) is 29.0 Å². The minimum absolute atomic E-state index is 0.164. The number of phenolic OH excluding ortho intramolecular Hbond substituents is 1. The van der Waals surface area contributed by atoms with Gasteiger partial charge in [0.05, 0.1) is 17.6 Å². The van der Waals surface area contributed by atoms with Crippen LogP contribution in [0.3, 0.4) is 0 Å². The number of fused-ring (bicyclic) bond motifs is 4. The van der Waals surface area contributed by atoms with E-state index >= 15 is 0 Å². The first-order chi connectivity index (χ1) is 22.9. The van der Waals surface area contributed by atoms with Crippen molar-refractivity contribution in [2.75, 3.05) is 45.3 Å². The van der Waals surface area contributed by atoms with Gasteiger partial charge in [0.25, 0.3) is 0 Å². The molecule has 5 aromatic rings. The first kappa shape index (κ1) is 30.1. The molecule has 1 aromatic heterocycles. The van der Waals surface area contributed by atoms with E-state index in [0.29, 0.717) is 53.0 Å². The molecular formula is C37H38ClN5O4. The number of aromatic hydroxyl groups is 1. The zero-order chi connectivity index (χ0) is 32.1. The Labute approximate surface area is 279 Å². The summed E-state index contributed by atoms with van der Waals surface area (Å²) in [6, 6.07) is 22.5. The van der Waals surface area contributed by atoms with Gasteiger partial charge in [-0.15, -0.1) is 0 Å². The highest BCUT2D eigenvalue weighted by molar-refractivity contribution is 6.32. The average molecular weight is 652 g/mol. The molecule has 0 aliphatic carbocycles. The predicted octanol–water partition coefficient (Wildman–Crippen LogP) is 7.02. The van der Waals surface area contributed by atoms with E-state index < -0.39 is 0 Å². The molecule has 2 N–H and O–H groups in total. The maximum atomic E-state index is 10.8. The van der Waals surface area contributed by atoms with Crippen molar-refractivity contribution in [2.45, 2.75) is 43.8 Å². The molecule has 0 amide bonds. The number of anilines is 1. The van der Waals surface area contributed by atoms with Gasteiger partial charge in [0.15, 0.2) is 0 Å². The zero-order valence-corrected chi connectivity index (χ0v) is 27.3. The van der Waals surface area contributed by atoms with Crippen LogP contribution < -0.4 is 24.4 Å². The van der Waals surface area contributed by atoms with Crippen molar-refractivity contribution in [3.63, 3.8) is 0 Å². The van der Waals surface area contributed by atoms with Crippen LogP contribution in [0.2, 0.25) is 5.02 Å². The van der Waals surface area contributed by atoms with Gasteiger partial charge in [0.1, 0.15) is 35.4 Å². The quantitative estimate of drug-likeness (QED) is 0.184. The summed E-state index contributed by atoms with van der Waals surface area (Å²) in [5, 5.41) is 17.8. The minimum atomic E-state index is 0.164. The van der Waals surface area contributed by atoms with Gasteiger partial charge >= 0.3 is 6.01 Å². The molecule has 10 heteroatoms. The summed E-state index contributed by atoms with van der Waals surface area (Å²) >= 11 is 6.70. The lowest BCUT2D eigenvalue weighted by Gasteiger charge is -2.34. The number of likely N-dealkylation sites (tertiary alicyclic amines) is 1. The minimum Gasteiger partial charge on any atom is -0.508 e. The van der Waals surface area contributed by atoms with Crippen LogP contribution in [0.1, 0.15) is 25.7 Å². The molecule has 4 aromatic carbocycles.